The minimum Gasteiger partial charge on any atom is -0.382 e. The fourth-order valence-electron chi connectivity index (χ4n) is 3.86. The Morgan fingerprint density at radius 2 is 2.00 bits per heavy atom. The summed E-state index contributed by atoms with van der Waals surface area (Å²) < 4.78 is 10.2. The van der Waals surface area contributed by atoms with Crippen LogP contribution in [0.3, 0.4) is 0 Å². The molecule has 146 valence electrons. The number of aryl methyl sites for hydroxylation is 1. The summed E-state index contributed by atoms with van der Waals surface area (Å²) in [6.07, 6.45) is 5.25. The SMILES string of the molecule is COCCOCC(=O)NC1CCC(Cc2cccc(C)c2)(N(C)C)CC1. The Morgan fingerprint density at radius 1 is 1.27 bits per heavy atom. The summed E-state index contributed by atoms with van der Waals surface area (Å²) >= 11 is 0. The molecule has 0 bridgehead atoms. The number of benzene rings is 1. The van der Waals surface area contributed by atoms with E-state index in [0.717, 1.165) is 32.1 Å². The fraction of sp³-hybridized carbons (Fsp3) is 0.667. The standard InChI is InChI=1S/C21H34N2O3/c1-17-6-5-7-18(14-17)15-21(23(2)3)10-8-19(9-11-21)22-20(24)16-26-13-12-25-4/h5-7,14,19H,8-13,15-16H2,1-4H3,(H,22,24). The van der Waals surface area contributed by atoms with Crippen LogP contribution in [0.2, 0.25) is 0 Å². The summed E-state index contributed by atoms with van der Waals surface area (Å²) in [7, 11) is 5.98. The second-order valence-electron chi connectivity index (χ2n) is 7.67. The van der Waals surface area contributed by atoms with Crippen molar-refractivity contribution in [2.45, 2.75) is 50.6 Å². The Kier molecular flexibility index (Phi) is 8.07. The van der Waals surface area contributed by atoms with Crippen LogP contribution in [0.5, 0.6) is 0 Å². The lowest BCUT2D eigenvalue weighted by Gasteiger charge is -2.45. The molecule has 0 spiro atoms. The first-order chi connectivity index (χ1) is 12.4. The molecule has 1 aliphatic rings. The monoisotopic (exact) mass is 362 g/mol. The molecule has 0 atom stereocenters. The highest BCUT2D eigenvalue weighted by atomic mass is 16.5. The highest BCUT2D eigenvalue weighted by molar-refractivity contribution is 5.77. The van der Waals surface area contributed by atoms with Crippen molar-refractivity contribution in [1.29, 1.82) is 0 Å². The number of hydrogen-bond donors (Lipinski definition) is 1. The molecule has 0 radical (unpaired) electrons. The van der Waals surface area contributed by atoms with Crippen molar-refractivity contribution >= 4 is 5.91 Å². The Hall–Kier alpha value is -1.43. The maximum Gasteiger partial charge on any atom is 0.246 e. The number of carbonyl (C=O) groups excluding carboxylic acids is 1. The van der Waals surface area contributed by atoms with E-state index in [1.54, 1.807) is 7.11 Å². The first kappa shape index (κ1) is 20.9. The van der Waals surface area contributed by atoms with Crippen LogP contribution in [0.15, 0.2) is 24.3 Å². The number of likely N-dealkylation sites (N-methyl/N-ethyl adjacent to an activating group) is 1. The van der Waals surface area contributed by atoms with E-state index in [-0.39, 0.29) is 24.1 Å². The van der Waals surface area contributed by atoms with Gasteiger partial charge in [-0.3, -0.25) is 4.79 Å². The Morgan fingerprint density at radius 3 is 2.62 bits per heavy atom. The van der Waals surface area contributed by atoms with Crippen LogP contribution < -0.4 is 5.32 Å². The zero-order chi connectivity index (χ0) is 19.0. The minimum absolute atomic E-state index is 0.0258. The van der Waals surface area contributed by atoms with Gasteiger partial charge in [-0.1, -0.05) is 29.8 Å². The molecule has 0 unspecified atom stereocenters. The van der Waals surface area contributed by atoms with Crippen LogP contribution in [0.4, 0.5) is 0 Å². The van der Waals surface area contributed by atoms with Gasteiger partial charge in [0.15, 0.2) is 0 Å². The van der Waals surface area contributed by atoms with Crippen LogP contribution in [-0.4, -0.2) is 63.4 Å². The Balaban J connectivity index is 1.85. The number of rotatable bonds is 9. The Bertz CT molecular complexity index is 566. The van der Waals surface area contributed by atoms with Crippen molar-refractivity contribution in [3.05, 3.63) is 35.4 Å². The Labute approximate surface area is 158 Å². The summed E-state index contributed by atoms with van der Waals surface area (Å²) in [5.74, 6) is -0.0258. The number of ether oxygens (including phenoxy) is 2. The van der Waals surface area contributed by atoms with E-state index in [9.17, 15) is 4.79 Å². The molecule has 0 aromatic heterocycles. The first-order valence-electron chi connectivity index (χ1n) is 9.54. The van der Waals surface area contributed by atoms with Crippen molar-refractivity contribution in [2.24, 2.45) is 0 Å². The largest absolute Gasteiger partial charge is 0.382 e. The molecule has 5 nitrogen and oxygen atoms in total. The quantitative estimate of drug-likeness (QED) is 0.686. The van der Waals surface area contributed by atoms with Crippen LogP contribution in [0.25, 0.3) is 0 Å². The van der Waals surface area contributed by atoms with Crippen molar-refractivity contribution in [1.82, 2.24) is 10.2 Å². The molecule has 1 amide bonds. The van der Waals surface area contributed by atoms with E-state index < -0.39 is 0 Å². The first-order valence-corrected chi connectivity index (χ1v) is 9.54. The van der Waals surface area contributed by atoms with Gasteiger partial charge in [0, 0.05) is 18.7 Å². The van der Waals surface area contributed by atoms with Gasteiger partial charge in [-0.2, -0.15) is 0 Å². The molecule has 1 N–H and O–H groups in total. The third-order valence-corrected chi connectivity index (χ3v) is 5.51. The van der Waals surface area contributed by atoms with E-state index in [2.05, 4.69) is 55.5 Å². The third-order valence-electron chi connectivity index (χ3n) is 5.51. The average molecular weight is 363 g/mol. The lowest BCUT2D eigenvalue weighted by molar-refractivity contribution is -0.127. The summed E-state index contributed by atoms with van der Waals surface area (Å²) in [6, 6.07) is 9.05. The lowest BCUT2D eigenvalue weighted by Crippen LogP contribution is -2.52. The van der Waals surface area contributed by atoms with Crippen molar-refractivity contribution < 1.29 is 14.3 Å². The lowest BCUT2D eigenvalue weighted by atomic mass is 9.74. The zero-order valence-corrected chi connectivity index (χ0v) is 16.7. The summed E-state index contributed by atoms with van der Waals surface area (Å²) in [6.45, 7) is 3.23. The van der Waals surface area contributed by atoms with Crippen LogP contribution in [0.1, 0.15) is 36.8 Å². The van der Waals surface area contributed by atoms with Crippen molar-refractivity contribution in [3.8, 4) is 0 Å². The second-order valence-corrected chi connectivity index (χ2v) is 7.67. The summed E-state index contributed by atoms with van der Waals surface area (Å²) in [5, 5.41) is 3.12. The van der Waals surface area contributed by atoms with Gasteiger partial charge in [-0.15, -0.1) is 0 Å². The van der Waals surface area contributed by atoms with Crippen LogP contribution in [0, 0.1) is 6.92 Å². The molecule has 0 saturated heterocycles. The molecule has 2 rings (SSSR count). The minimum atomic E-state index is -0.0258. The van der Waals surface area contributed by atoms with Crippen molar-refractivity contribution in [2.75, 3.05) is 41.0 Å². The molecule has 26 heavy (non-hydrogen) atoms. The van der Waals surface area contributed by atoms with Gasteiger partial charge in [-0.25, -0.2) is 0 Å². The van der Waals surface area contributed by atoms with Gasteiger partial charge < -0.3 is 19.7 Å². The van der Waals surface area contributed by atoms with Gasteiger partial charge in [-0.05, 0) is 58.7 Å². The normalized spacial score (nSPS) is 23.2. The summed E-state index contributed by atoms with van der Waals surface area (Å²) in [5.41, 5.74) is 2.88. The molecule has 1 saturated carbocycles. The number of nitrogens with one attached hydrogen (secondary N) is 1. The predicted molar refractivity (Wildman–Crippen MR) is 104 cm³/mol. The van der Waals surface area contributed by atoms with E-state index in [0.29, 0.717) is 13.2 Å². The number of hydrogen-bond acceptors (Lipinski definition) is 4. The number of amides is 1. The van der Waals surface area contributed by atoms with E-state index in [1.165, 1.54) is 11.1 Å². The van der Waals surface area contributed by atoms with Crippen LogP contribution >= 0.6 is 0 Å². The summed E-state index contributed by atoms with van der Waals surface area (Å²) in [4.78, 5) is 14.4. The molecular weight excluding hydrogens is 328 g/mol. The van der Waals surface area contributed by atoms with E-state index >= 15 is 0 Å². The highest BCUT2D eigenvalue weighted by Gasteiger charge is 2.37. The second kappa shape index (κ2) is 10.0. The number of nitrogens with zero attached hydrogens (tertiary/aromatic N) is 1. The van der Waals surface area contributed by atoms with Gasteiger partial charge >= 0.3 is 0 Å². The van der Waals surface area contributed by atoms with E-state index in [4.69, 9.17) is 9.47 Å². The molecule has 1 fully saturated rings. The number of carbonyl (C=O) groups is 1. The number of methoxy groups -OCH3 is 1. The smallest absolute Gasteiger partial charge is 0.246 e. The molecule has 1 aromatic rings. The molecule has 0 aliphatic heterocycles. The molecule has 1 aliphatic carbocycles. The van der Waals surface area contributed by atoms with Gasteiger partial charge in [0.2, 0.25) is 5.91 Å². The zero-order valence-electron chi connectivity index (χ0n) is 16.7. The molecular formula is C21H34N2O3. The molecule has 5 heteroatoms. The van der Waals surface area contributed by atoms with Gasteiger partial charge in [0.05, 0.1) is 13.2 Å². The predicted octanol–water partition coefficient (Wildman–Crippen LogP) is 2.56. The van der Waals surface area contributed by atoms with Gasteiger partial charge in [0.25, 0.3) is 0 Å². The molecule has 1 aromatic carbocycles. The topological polar surface area (TPSA) is 50.8 Å². The van der Waals surface area contributed by atoms with Gasteiger partial charge in [0.1, 0.15) is 6.61 Å². The van der Waals surface area contributed by atoms with Crippen LogP contribution in [-0.2, 0) is 20.7 Å². The van der Waals surface area contributed by atoms with E-state index in [1.807, 2.05) is 0 Å². The maximum absolute atomic E-state index is 12.0. The highest BCUT2D eigenvalue weighted by Crippen LogP contribution is 2.35. The fourth-order valence-corrected chi connectivity index (χ4v) is 3.86. The maximum atomic E-state index is 12.0. The third kappa shape index (κ3) is 6.08. The molecule has 0 heterocycles. The average Bonchev–Trinajstić information content (AvgIpc) is 2.60. The van der Waals surface area contributed by atoms with Crippen molar-refractivity contribution in [3.63, 3.8) is 0 Å².